The molecule has 2 N–H and O–H groups in total. The van der Waals surface area contributed by atoms with E-state index >= 15 is 0 Å². The number of amides is 1. The van der Waals surface area contributed by atoms with Gasteiger partial charge in [0, 0.05) is 44.3 Å². The quantitative estimate of drug-likeness (QED) is 0.770. The molecule has 26 heavy (non-hydrogen) atoms. The fraction of sp³-hybridized carbons (Fsp3) is 0.333. The summed E-state index contributed by atoms with van der Waals surface area (Å²) in [6.45, 7) is 0.452. The summed E-state index contributed by atoms with van der Waals surface area (Å²) < 4.78 is 12.3. The molecule has 1 aliphatic heterocycles. The van der Waals surface area contributed by atoms with Crippen molar-refractivity contribution < 1.29 is 14.3 Å². The van der Waals surface area contributed by atoms with Crippen LogP contribution in [0.4, 0.5) is 5.69 Å². The van der Waals surface area contributed by atoms with Gasteiger partial charge in [-0.3, -0.25) is 14.2 Å². The first-order valence-electron chi connectivity index (χ1n) is 7.99. The van der Waals surface area contributed by atoms with Crippen molar-refractivity contribution in [1.82, 2.24) is 9.88 Å². The van der Waals surface area contributed by atoms with E-state index in [9.17, 15) is 9.59 Å². The first-order valence-corrected chi connectivity index (χ1v) is 7.99. The molecule has 140 valence electrons. The van der Waals surface area contributed by atoms with Crippen LogP contribution in [0.5, 0.6) is 0 Å². The molecule has 0 aliphatic carbocycles. The van der Waals surface area contributed by atoms with E-state index < -0.39 is 11.8 Å². The number of nitrogens with zero attached hydrogens (tertiary/aromatic N) is 1. The van der Waals surface area contributed by atoms with Crippen LogP contribution in [0.3, 0.4) is 0 Å². The number of methoxy groups -OCH3 is 2. The van der Waals surface area contributed by atoms with Crippen LogP contribution >= 0.6 is 12.4 Å². The maximum Gasteiger partial charge on any atom is 0.255 e. The van der Waals surface area contributed by atoms with Gasteiger partial charge in [-0.1, -0.05) is 6.07 Å². The Kier molecular flexibility index (Phi) is 6.55. The Morgan fingerprint density at radius 1 is 1.19 bits per heavy atom. The van der Waals surface area contributed by atoms with Crippen LogP contribution in [-0.2, 0) is 14.3 Å². The van der Waals surface area contributed by atoms with Gasteiger partial charge in [0.2, 0.25) is 5.91 Å². The predicted octanol–water partition coefficient (Wildman–Crippen LogP) is 1.55. The Balaban J connectivity index is 0.00000243. The zero-order chi connectivity index (χ0) is 17.9. The molecule has 2 aromatic rings. The second-order valence-electron chi connectivity index (χ2n) is 5.90. The maximum atomic E-state index is 12.4. The molecule has 1 saturated heterocycles. The van der Waals surface area contributed by atoms with Gasteiger partial charge in [-0.25, -0.2) is 0 Å². The molecule has 0 unspecified atom stereocenters. The number of benzene rings is 1. The topological polar surface area (TPSA) is 81.6 Å². The van der Waals surface area contributed by atoms with Crippen LogP contribution in [0.15, 0.2) is 53.5 Å². The van der Waals surface area contributed by atoms with E-state index in [2.05, 4.69) is 10.6 Å². The summed E-state index contributed by atoms with van der Waals surface area (Å²) >= 11 is 0. The molecule has 1 aromatic heterocycles. The average Bonchev–Trinajstić information content (AvgIpc) is 3.08. The minimum Gasteiger partial charge on any atom is -0.352 e. The predicted molar refractivity (Wildman–Crippen MR) is 101 cm³/mol. The first kappa shape index (κ1) is 20.1. The summed E-state index contributed by atoms with van der Waals surface area (Å²) in [4.78, 5) is 24.2. The minimum atomic E-state index is -0.764. The monoisotopic (exact) mass is 379 g/mol. The van der Waals surface area contributed by atoms with Crippen molar-refractivity contribution in [2.24, 2.45) is 0 Å². The number of carbonyl (C=O) groups is 1. The molecule has 1 atom stereocenters. The highest BCUT2D eigenvalue weighted by Gasteiger charge is 2.42. The number of hydrogen-bond donors (Lipinski definition) is 2. The van der Waals surface area contributed by atoms with Crippen molar-refractivity contribution in [3.05, 3.63) is 59.0 Å². The summed E-state index contributed by atoms with van der Waals surface area (Å²) in [6.07, 6.45) is 2.14. The van der Waals surface area contributed by atoms with Crippen molar-refractivity contribution >= 4 is 24.0 Å². The van der Waals surface area contributed by atoms with Crippen molar-refractivity contribution in [1.29, 1.82) is 0 Å². The number of nitrogens with one attached hydrogen (secondary N) is 2. The highest BCUT2D eigenvalue weighted by atomic mass is 35.5. The molecule has 1 amide bonds. The third-order valence-corrected chi connectivity index (χ3v) is 4.43. The molecule has 1 aromatic carbocycles. The zero-order valence-electron chi connectivity index (χ0n) is 14.6. The van der Waals surface area contributed by atoms with E-state index in [0.29, 0.717) is 18.7 Å². The fourth-order valence-electron chi connectivity index (χ4n) is 2.89. The fourth-order valence-corrected chi connectivity index (χ4v) is 2.89. The molecule has 1 fully saturated rings. The first-order chi connectivity index (χ1) is 12.1. The molecule has 0 radical (unpaired) electrons. The Morgan fingerprint density at radius 3 is 2.46 bits per heavy atom. The van der Waals surface area contributed by atoms with Gasteiger partial charge in [-0.2, -0.15) is 0 Å². The molecule has 7 nitrogen and oxygen atoms in total. The molecular formula is C18H22ClN3O4. The second kappa shape index (κ2) is 8.46. The number of anilines is 1. The Morgan fingerprint density at radius 2 is 1.88 bits per heavy atom. The summed E-state index contributed by atoms with van der Waals surface area (Å²) in [7, 11) is 3.13. The molecule has 3 rings (SSSR count). The number of aromatic nitrogens is 1. The van der Waals surface area contributed by atoms with Crippen LogP contribution in [-0.4, -0.2) is 43.1 Å². The maximum absolute atomic E-state index is 12.4. The second-order valence-corrected chi connectivity index (χ2v) is 5.90. The van der Waals surface area contributed by atoms with E-state index in [1.807, 2.05) is 0 Å². The van der Waals surface area contributed by atoms with Crippen molar-refractivity contribution in [2.75, 3.05) is 26.1 Å². The molecule has 2 heterocycles. The molecular weight excluding hydrogens is 358 g/mol. The van der Waals surface area contributed by atoms with Gasteiger partial charge in [0.05, 0.1) is 12.6 Å². The molecule has 0 spiro atoms. The normalized spacial score (nSPS) is 18.2. The number of rotatable bonds is 5. The Labute approximate surface area is 157 Å². The lowest BCUT2D eigenvalue weighted by atomic mass is 10.1. The Hall–Kier alpha value is -2.19. The summed E-state index contributed by atoms with van der Waals surface area (Å²) in [6, 6.07) is 11.7. The van der Waals surface area contributed by atoms with Crippen LogP contribution in [0.1, 0.15) is 6.42 Å². The lowest BCUT2D eigenvalue weighted by Crippen LogP contribution is -2.35. The van der Waals surface area contributed by atoms with Crippen LogP contribution in [0.2, 0.25) is 0 Å². The third-order valence-electron chi connectivity index (χ3n) is 4.43. The van der Waals surface area contributed by atoms with Crippen LogP contribution in [0, 0.1) is 0 Å². The lowest BCUT2D eigenvalue weighted by molar-refractivity contribution is -0.192. The van der Waals surface area contributed by atoms with E-state index in [1.165, 1.54) is 10.6 Å². The van der Waals surface area contributed by atoms with Gasteiger partial charge in [0.25, 0.3) is 5.56 Å². The van der Waals surface area contributed by atoms with Gasteiger partial charge < -0.3 is 20.1 Å². The summed E-state index contributed by atoms with van der Waals surface area (Å²) in [5, 5.41) is 5.97. The number of halogens is 1. The van der Waals surface area contributed by atoms with E-state index in [-0.39, 0.29) is 23.9 Å². The number of pyridine rings is 1. The van der Waals surface area contributed by atoms with Crippen molar-refractivity contribution in [3.63, 3.8) is 0 Å². The largest absolute Gasteiger partial charge is 0.352 e. The van der Waals surface area contributed by atoms with Gasteiger partial charge in [0.1, 0.15) is 0 Å². The van der Waals surface area contributed by atoms with Crippen molar-refractivity contribution in [2.45, 2.75) is 18.2 Å². The third kappa shape index (κ3) is 4.13. The summed E-state index contributed by atoms with van der Waals surface area (Å²) in [5.41, 5.74) is 1.29. The van der Waals surface area contributed by atoms with E-state index in [1.54, 1.807) is 56.8 Å². The van der Waals surface area contributed by atoms with Gasteiger partial charge in [-0.05, 0) is 30.3 Å². The molecule has 8 heteroatoms. The van der Waals surface area contributed by atoms with Crippen LogP contribution < -0.4 is 16.2 Å². The lowest BCUT2D eigenvalue weighted by Gasteiger charge is -2.24. The Bertz CT molecular complexity index is 803. The van der Waals surface area contributed by atoms with Crippen LogP contribution in [0.25, 0.3) is 5.69 Å². The minimum absolute atomic E-state index is 0. The van der Waals surface area contributed by atoms with Crippen molar-refractivity contribution in [3.8, 4) is 5.69 Å². The van der Waals surface area contributed by atoms with E-state index in [0.717, 1.165) is 5.69 Å². The number of hydrogen-bond acceptors (Lipinski definition) is 5. The zero-order valence-corrected chi connectivity index (χ0v) is 15.4. The molecule has 0 bridgehead atoms. The van der Waals surface area contributed by atoms with Gasteiger partial charge in [0.15, 0.2) is 5.79 Å². The van der Waals surface area contributed by atoms with Gasteiger partial charge in [-0.15, -0.1) is 12.4 Å². The molecule has 1 aliphatic rings. The van der Waals surface area contributed by atoms with Gasteiger partial charge >= 0.3 is 0 Å². The number of ether oxygens (including phenoxy) is 2. The SMILES string of the molecule is COC1(OC)CN[C@@H](C(=O)Nc2ccc(-n3ccccc3=O)cc2)C1.Cl. The molecule has 0 saturated carbocycles. The number of carbonyl (C=O) groups excluding carboxylic acids is 1. The highest BCUT2D eigenvalue weighted by Crippen LogP contribution is 2.24. The smallest absolute Gasteiger partial charge is 0.255 e. The average molecular weight is 380 g/mol. The summed E-state index contributed by atoms with van der Waals surface area (Å²) in [5.74, 6) is -0.916. The highest BCUT2D eigenvalue weighted by molar-refractivity contribution is 5.95. The standard InChI is InChI=1S/C18H21N3O4.ClH/c1-24-18(25-2)11-15(19-12-18)17(23)20-13-6-8-14(9-7-13)21-10-4-3-5-16(21)22;/h3-10,15,19H,11-12H2,1-2H3,(H,20,23);1H/t15-;/m1./s1. The van der Waals surface area contributed by atoms with E-state index in [4.69, 9.17) is 9.47 Å².